The van der Waals surface area contributed by atoms with Gasteiger partial charge in [-0.1, -0.05) is 0 Å². The minimum atomic E-state index is -0.315. The SMILES string of the molecule is NC(=O)CN1CCC(NC(=O)c2ccc(-n3cncn3)cc2)CC1. The van der Waals surface area contributed by atoms with Crippen LogP contribution in [0.25, 0.3) is 5.69 Å². The number of hydrogen-bond acceptors (Lipinski definition) is 5. The Hall–Kier alpha value is -2.74. The summed E-state index contributed by atoms with van der Waals surface area (Å²) in [5.41, 5.74) is 6.66. The lowest BCUT2D eigenvalue weighted by atomic mass is 10.0. The Morgan fingerprint density at radius 3 is 2.50 bits per heavy atom. The topological polar surface area (TPSA) is 106 Å². The average Bonchev–Trinajstić information content (AvgIpc) is 3.11. The Balaban J connectivity index is 1.53. The smallest absolute Gasteiger partial charge is 0.251 e. The molecule has 126 valence electrons. The first-order valence-corrected chi connectivity index (χ1v) is 7.88. The first-order chi connectivity index (χ1) is 11.6. The lowest BCUT2D eigenvalue weighted by molar-refractivity contribution is -0.119. The fourth-order valence-electron chi connectivity index (χ4n) is 2.83. The zero-order valence-corrected chi connectivity index (χ0v) is 13.3. The van der Waals surface area contributed by atoms with Crippen molar-refractivity contribution in [3.05, 3.63) is 42.5 Å². The van der Waals surface area contributed by atoms with E-state index < -0.39 is 0 Å². The van der Waals surface area contributed by atoms with E-state index in [-0.39, 0.29) is 24.4 Å². The van der Waals surface area contributed by atoms with Crippen LogP contribution in [0.15, 0.2) is 36.9 Å². The molecular formula is C16H20N6O2. The first-order valence-electron chi connectivity index (χ1n) is 7.88. The van der Waals surface area contributed by atoms with E-state index in [0.717, 1.165) is 31.6 Å². The van der Waals surface area contributed by atoms with Crippen LogP contribution in [0.2, 0.25) is 0 Å². The monoisotopic (exact) mass is 328 g/mol. The molecule has 1 aliphatic rings. The number of primary amides is 1. The Kier molecular flexibility index (Phi) is 4.85. The molecule has 0 bridgehead atoms. The number of nitrogens with two attached hydrogens (primary N) is 1. The third kappa shape index (κ3) is 3.96. The van der Waals surface area contributed by atoms with E-state index in [4.69, 9.17) is 5.73 Å². The van der Waals surface area contributed by atoms with Gasteiger partial charge in [0.15, 0.2) is 0 Å². The van der Waals surface area contributed by atoms with Gasteiger partial charge in [-0.05, 0) is 37.1 Å². The predicted molar refractivity (Wildman–Crippen MR) is 87.5 cm³/mol. The third-order valence-electron chi connectivity index (χ3n) is 4.12. The average molecular weight is 328 g/mol. The molecule has 1 aromatic heterocycles. The maximum absolute atomic E-state index is 12.3. The van der Waals surface area contributed by atoms with Crippen LogP contribution in [-0.2, 0) is 4.79 Å². The highest BCUT2D eigenvalue weighted by Gasteiger charge is 2.21. The summed E-state index contributed by atoms with van der Waals surface area (Å²) < 4.78 is 1.64. The molecule has 0 unspecified atom stereocenters. The minimum absolute atomic E-state index is 0.0894. The summed E-state index contributed by atoms with van der Waals surface area (Å²) in [6.07, 6.45) is 4.70. The van der Waals surface area contributed by atoms with Gasteiger partial charge < -0.3 is 11.1 Å². The van der Waals surface area contributed by atoms with E-state index in [0.29, 0.717) is 5.56 Å². The van der Waals surface area contributed by atoms with Crippen molar-refractivity contribution in [3.8, 4) is 5.69 Å². The number of nitrogens with one attached hydrogen (secondary N) is 1. The number of aromatic nitrogens is 3. The van der Waals surface area contributed by atoms with E-state index in [2.05, 4.69) is 15.4 Å². The second-order valence-corrected chi connectivity index (χ2v) is 5.88. The molecule has 0 atom stereocenters. The summed E-state index contributed by atoms with van der Waals surface area (Å²) in [6, 6.07) is 7.33. The summed E-state index contributed by atoms with van der Waals surface area (Å²) >= 11 is 0. The Labute approximate surface area is 139 Å². The highest BCUT2D eigenvalue weighted by Crippen LogP contribution is 2.12. The van der Waals surface area contributed by atoms with E-state index >= 15 is 0 Å². The standard InChI is InChI=1S/C16H20N6O2/c17-15(23)9-21-7-5-13(6-8-21)20-16(24)12-1-3-14(4-2-12)22-11-18-10-19-22/h1-4,10-11,13H,5-9H2,(H2,17,23)(H,20,24). The second kappa shape index (κ2) is 7.22. The molecule has 3 N–H and O–H groups in total. The number of likely N-dealkylation sites (tertiary alicyclic amines) is 1. The molecule has 0 radical (unpaired) electrons. The Morgan fingerprint density at radius 2 is 1.92 bits per heavy atom. The number of hydrogen-bond donors (Lipinski definition) is 2. The lowest BCUT2D eigenvalue weighted by Gasteiger charge is -2.31. The van der Waals surface area contributed by atoms with Gasteiger partial charge in [0.25, 0.3) is 5.91 Å². The summed E-state index contributed by atoms with van der Waals surface area (Å²) in [7, 11) is 0. The fourth-order valence-corrected chi connectivity index (χ4v) is 2.83. The van der Waals surface area contributed by atoms with Gasteiger partial charge in [-0.3, -0.25) is 14.5 Å². The number of benzene rings is 1. The van der Waals surface area contributed by atoms with Gasteiger partial charge in [-0.2, -0.15) is 5.10 Å². The number of nitrogens with zero attached hydrogens (tertiary/aromatic N) is 4. The van der Waals surface area contributed by atoms with Crippen molar-refractivity contribution in [1.29, 1.82) is 0 Å². The minimum Gasteiger partial charge on any atom is -0.369 e. The van der Waals surface area contributed by atoms with Crippen molar-refractivity contribution in [1.82, 2.24) is 25.0 Å². The molecular weight excluding hydrogens is 308 g/mol. The number of piperidine rings is 1. The molecule has 1 fully saturated rings. The molecule has 2 aromatic rings. The fraction of sp³-hybridized carbons (Fsp3) is 0.375. The molecule has 0 aliphatic carbocycles. The Bertz CT molecular complexity index is 690. The molecule has 0 spiro atoms. The van der Waals surface area contributed by atoms with E-state index in [1.165, 1.54) is 6.33 Å². The van der Waals surface area contributed by atoms with Crippen LogP contribution >= 0.6 is 0 Å². The van der Waals surface area contributed by atoms with Gasteiger partial charge in [0, 0.05) is 24.7 Å². The van der Waals surface area contributed by atoms with Gasteiger partial charge in [-0.25, -0.2) is 9.67 Å². The second-order valence-electron chi connectivity index (χ2n) is 5.88. The first kappa shape index (κ1) is 16.1. The molecule has 24 heavy (non-hydrogen) atoms. The Morgan fingerprint density at radius 1 is 1.21 bits per heavy atom. The quantitative estimate of drug-likeness (QED) is 0.800. The highest BCUT2D eigenvalue weighted by molar-refractivity contribution is 5.94. The van der Waals surface area contributed by atoms with E-state index in [1.54, 1.807) is 23.1 Å². The van der Waals surface area contributed by atoms with Crippen LogP contribution < -0.4 is 11.1 Å². The van der Waals surface area contributed by atoms with Crippen molar-refractivity contribution >= 4 is 11.8 Å². The van der Waals surface area contributed by atoms with Crippen LogP contribution in [0.3, 0.4) is 0 Å². The molecule has 1 aliphatic heterocycles. The number of rotatable bonds is 5. The van der Waals surface area contributed by atoms with Gasteiger partial charge >= 0.3 is 0 Å². The zero-order chi connectivity index (χ0) is 16.9. The zero-order valence-electron chi connectivity index (χ0n) is 13.3. The van der Waals surface area contributed by atoms with Crippen LogP contribution in [0.1, 0.15) is 23.2 Å². The normalized spacial score (nSPS) is 16.0. The maximum Gasteiger partial charge on any atom is 0.251 e. The summed E-state index contributed by atoms with van der Waals surface area (Å²) in [5, 5.41) is 7.10. The predicted octanol–water partition coefficient (Wildman–Crippen LogP) is -0.0532. The summed E-state index contributed by atoms with van der Waals surface area (Å²) in [5.74, 6) is -0.404. The lowest BCUT2D eigenvalue weighted by Crippen LogP contribution is -2.46. The molecule has 2 amide bonds. The molecule has 1 saturated heterocycles. The number of carbonyl (C=O) groups is 2. The molecule has 8 heteroatoms. The number of amides is 2. The van der Waals surface area contributed by atoms with Crippen molar-refractivity contribution < 1.29 is 9.59 Å². The van der Waals surface area contributed by atoms with Crippen LogP contribution in [-0.4, -0.2) is 57.2 Å². The molecule has 0 saturated carbocycles. The van der Waals surface area contributed by atoms with Crippen molar-refractivity contribution in [2.45, 2.75) is 18.9 Å². The van der Waals surface area contributed by atoms with Gasteiger partial charge in [0.2, 0.25) is 5.91 Å². The van der Waals surface area contributed by atoms with E-state index in [9.17, 15) is 9.59 Å². The van der Waals surface area contributed by atoms with Crippen molar-refractivity contribution in [2.75, 3.05) is 19.6 Å². The molecule has 3 rings (SSSR count). The van der Waals surface area contributed by atoms with Crippen LogP contribution in [0.5, 0.6) is 0 Å². The third-order valence-corrected chi connectivity index (χ3v) is 4.12. The van der Waals surface area contributed by atoms with Gasteiger partial charge in [0.1, 0.15) is 12.7 Å². The maximum atomic E-state index is 12.3. The van der Waals surface area contributed by atoms with Crippen LogP contribution in [0.4, 0.5) is 0 Å². The summed E-state index contributed by atoms with van der Waals surface area (Å²) in [6.45, 7) is 1.81. The van der Waals surface area contributed by atoms with E-state index in [1.807, 2.05) is 17.0 Å². The van der Waals surface area contributed by atoms with Crippen LogP contribution in [0, 0.1) is 0 Å². The highest BCUT2D eigenvalue weighted by atomic mass is 16.2. The van der Waals surface area contributed by atoms with Gasteiger partial charge in [-0.15, -0.1) is 0 Å². The molecule has 2 heterocycles. The largest absolute Gasteiger partial charge is 0.369 e. The van der Waals surface area contributed by atoms with Crippen molar-refractivity contribution in [2.24, 2.45) is 5.73 Å². The molecule has 8 nitrogen and oxygen atoms in total. The van der Waals surface area contributed by atoms with Crippen molar-refractivity contribution in [3.63, 3.8) is 0 Å². The summed E-state index contributed by atoms with van der Waals surface area (Å²) in [4.78, 5) is 29.2. The molecule has 1 aromatic carbocycles. The number of carbonyl (C=O) groups excluding carboxylic acids is 2. The van der Waals surface area contributed by atoms with Gasteiger partial charge in [0.05, 0.1) is 12.2 Å².